The maximum atomic E-state index is 11.3. The van der Waals surface area contributed by atoms with E-state index < -0.39 is 0 Å². The summed E-state index contributed by atoms with van der Waals surface area (Å²) in [6.07, 6.45) is 0. The Balaban J connectivity index is 4.38. The van der Waals surface area contributed by atoms with Crippen molar-refractivity contribution in [3.8, 4) is 0 Å². The van der Waals surface area contributed by atoms with Crippen LogP contribution >= 0.6 is 0 Å². The van der Waals surface area contributed by atoms with E-state index in [1.165, 1.54) is 0 Å². The van der Waals surface area contributed by atoms with E-state index in [0.717, 1.165) is 6.54 Å². The second kappa shape index (κ2) is 3.86. The first-order valence-electron chi connectivity index (χ1n) is 4.10. The third-order valence-corrected chi connectivity index (χ3v) is 2.62. The van der Waals surface area contributed by atoms with E-state index in [-0.39, 0.29) is 11.2 Å². The summed E-state index contributed by atoms with van der Waals surface area (Å²) in [7, 11) is 1.88. The van der Waals surface area contributed by atoms with Crippen LogP contribution in [0.4, 0.5) is 0 Å². The van der Waals surface area contributed by atoms with Crippen LogP contribution in [0, 0.1) is 11.3 Å². The fraction of sp³-hybridized carbons (Fsp3) is 0.889. The Morgan fingerprint density at radius 3 is 2.09 bits per heavy atom. The number of hydrogen-bond donors (Lipinski definition) is 1. The monoisotopic (exact) mass is 157 g/mol. The molecular formula is C9H19NO. The molecule has 0 rings (SSSR count). The summed E-state index contributed by atoms with van der Waals surface area (Å²) in [6.45, 7) is 8.60. The highest BCUT2D eigenvalue weighted by Gasteiger charge is 2.32. The number of carbonyl (C=O) groups is 1. The first-order valence-corrected chi connectivity index (χ1v) is 4.10. The summed E-state index contributed by atoms with van der Waals surface area (Å²) in [5.41, 5.74) is -0.200. The van der Waals surface area contributed by atoms with Gasteiger partial charge in [-0.1, -0.05) is 20.8 Å². The molecule has 0 spiro atoms. The van der Waals surface area contributed by atoms with Gasteiger partial charge in [0, 0.05) is 12.0 Å². The smallest absolute Gasteiger partial charge is 0.137 e. The molecule has 2 heteroatoms. The van der Waals surface area contributed by atoms with Crippen LogP contribution in [0.25, 0.3) is 0 Å². The van der Waals surface area contributed by atoms with Crippen molar-refractivity contribution in [3.63, 3.8) is 0 Å². The number of carbonyl (C=O) groups excluding carboxylic acids is 1. The average Bonchev–Trinajstić information content (AvgIpc) is 1.87. The Bertz CT molecular complexity index is 142. The molecule has 0 aromatic rings. The Morgan fingerprint density at radius 1 is 1.55 bits per heavy atom. The summed E-state index contributed by atoms with van der Waals surface area (Å²) >= 11 is 0. The maximum Gasteiger partial charge on any atom is 0.137 e. The Labute approximate surface area is 69.4 Å². The number of rotatable bonds is 4. The molecule has 2 nitrogen and oxygen atoms in total. The molecule has 0 aliphatic rings. The lowest BCUT2D eigenvalue weighted by Crippen LogP contribution is -2.40. The molecule has 0 heterocycles. The first kappa shape index (κ1) is 10.6. The number of hydrogen-bond acceptors (Lipinski definition) is 2. The second-order valence-corrected chi connectivity index (χ2v) is 3.66. The van der Waals surface area contributed by atoms with Crippen LogP contribution in [-0.4, -0.2) is 19.4 Å². The van der Waals surface area contributed by atoms with Crippen LogP contribution in [-0.2, 0) is 4.79 Å². The highest BCUT2D eigenvalue weighted by molar-refractivity contribution is 5.82. The molecule has 0 saturated heterocycles. The molecule has 1 atom stereocenters. The predicted molar refractivity (Wildman–Crippen MR) is 47.6 cm³/mol. The number of ketones is 1. The standard InChI is InChI=1S/C9H19NO/c1-7(2)9(4,6-10-5)8(3)11/h7,10H,6H2,1-5H3/t9-/m1/s1. The van der Waals surface area contributed by atoms with E-state index >= 15 is 0 Å². The Kier molecular flexibility index (Phi) is 3.73. The van der Waals surface area contributed by atoms with Crippen molar-refractivity contribution in [2.24, 2.45) is 11.3 Å². The van der Waals surface area contributed by atoms with Gasteiger partial charge in [-0.2, -0.15) is 0 Å². The van der Waals surface area contributed by atoms with Crippen LogP contribution in [0.3, 0.4) is 0 Å². The van der Waals surface area contributed by atoms with E-state index in [0.29, 0.717) is 5.92 Å². The number of nitrogens with one attached hydrogen (secondary N) is 1. The van der Waals surface area contributed by atoms with E-state index in [2.05, 4.69) is 19.2 Å². The van der Waals surface area contributed by atoms with Crippen LogP contribution in [0.15, 0.2) is 0 Å². The zero-order valence-electron chi connectivity index (χ0n) is 8.19. The summed E-state index contributed by atoms with van der Waals surface area (Å²) in [5, 5.41) is 3.05. The lowest BCUT2D eigenvalue weighted by atomic mass is 9.76. The van der Waals surface area contributed by atoms with Gasteiger partial charge >= 0.3 is 0 Å². The van der Waals surface area contributed by atoms with Crippen molar-refractivity contribution in [2.45, 2.75) is 27.7 Å². The molecule has 0 aliphatic heterocycles. The summed E-state index contributed by atoms with van der Waals surface area (Å²) in [4.78, 5) is 11.3. The van der Waals surface area contributed by atoms with Gasteiger partial charge in [-0.3, -0.25) is 4.79 Å². The van der Waals surface area contributed by atoms with E-state index in [1.54, 1.807) is 6.92 Å². The fourth-order valence-electron chi connectivity index (χ4n) is 1.10. The van der Waals surface area contributed by atoms with Crippen molar-refractivity contribution < 1.29 is 4.79 Å². The minimum absolute atomic E-state index is 0.200. The van der Waals surface area contributed by atoms with Crippen LogP contribution in [0.2, 0.25) is 0 Å². The van der Waals surface area contributed by atoms with Gasteiger partial charge in [0.2, 0.25) is 0 Å². The van der Waals surface area contributed by atoms with E-state index in [9.17, 15) is 4.79 Å². The van der Waals surface area contributed by atoms with E-state index in [1.807, 2.05) is 14.0 Å². The molecule has 0 fully saturated rings. The third-order valence-electron chi connectivity index (χ3n) is 2.62. The predicted octanol–water partition coefficient (Wildman–Crippen LogP) is 1.46. The maximum absolute atomic E-state index is 11.3. The van der Waals surface area contributed by atoms with Gasteiger partial charge in [0.1, 0.15) is 5.78 Å². The minimum atomic E-state index is -0.200. The molecular weight excluding hydrogens is 138 g/mol. The van der Waals surface area contributed by atoms with Crippen molar-refractivity contribution in [1.29, 1.82) is 0 Å². The van der Waals surface area contributed by atoms with Gasteiger partial charge in [-0.15, -0.1) is 0 Å². The molecule has 0 radical (unpaired) electrons. The van der Waals surface area contributed by atoms with Crippen LogP contribution < -0.4 is 5.32 Å². The highest BCUT2D eigenvalue weighted by atomic mass is 16.1. The largest absolute Gasteiger partial charge is 0.319 e. The van der Waals surface area contributed by atoms with Gasteiger partial charge in [-0.05, 0) is 19.9 Å². The van der Waals surface area contributed by atoms with Crippen molar-refractivity contribution in [2.75, 3.05) is 13.6 Å². The summed E-state index contributed by atoms with van der Waals surface area (Å²) in [6, 6.07) is 0. The quantitative estimate of drug-likeness (QED) is 0.669. The van der Waals surface area contributed by atoms with Gasteiger partial charge in [0.15, 0.2) is 0 Å². The first-order chi connectivity index (χ1) is 4.95. The van der Waals surface area contributed by atoms with Crippen molar-refractivity contribution >= 4 is 5.78 Å². The molecule has 0 amide bonds. The lowest BCUT2D eigenvalue weighted by Gasteiger charge is -2.30. The molecule has 0 aromatic heterocycles. The van der Waals surface area contributed by atoms with Crippen molar-refractivity contribution in [3.05, 3.63) is 0 Å². The molecule has 0 aliphatic carbocycles. The highest BCUT2D eigenvalue weighted by Crippen LogP contribution is 2.26. The normalized spacial score (nSPS) is 16.5. The van der Waals surface area contributed by atoms with Crippen molar-refractivity contribution in [1.82, 2.24) is 5.32 Å². The van der Waals surface area contributed by atoms with Gasteiger partial charge in [0.05, 0.1) is 0 Å². The Morgan fingerprint density at radius 2 is 2.00 bits per heavy atom. The Hall–Kier alpha value is -0.370. The minimum Gasteiger partial charge on any atom is -0.319 e. The topological polar surface area (TPSA) is 29.1 Å². The molecule has 66 valence electrons. The average molecular weight is 157 g/mol. The SMILES string of the molecule is CNC[C@@](C)(C(C)=O)C(C)C. The molecule has 0 aromatic carbocycles. The van der Waals surface area contributed by atoms with Gasteiger partial charge in [0.25, 0.3) is 0 Å². The van der Waals surface area contributed by atoms with Gasteiger partial charge in [-0.25, -0.2) is 0 Å². The zero-order chi connectivity index (χ0) is 9.07. The molecule has 0 saturated carbocycles. The second-order valence-electron chi connectivity index (χ2n) is 3.66. The number of Topliss-reactive ketones (excluding diaryl/α,β-unsaturated/α-hetero) is 1. The van der Waals surface area contributed by atoms with E-state index in [4.69, 9.17) is 0 Å². The van der Waals surface area contributed by atoms with Crippen LogP contribution in [0.1, 0.15) is 27.7 Å². The summed E-state index contributed by atoms with van der Waals surface area (Å²) < 4.78 is 0. The zero-order valence-corrected chi connectivity index (χ0v) is 8.19. The molecule has 0 bridgehead atoms. The van der Waals surface area contributed by atoms with Crippen LogP contribution in [0.5, 0.6) is 0 Å². The summed E-state index contributed by atoms with van der Waals surface area (Å²) in [5.74, 6) is 0.661. The van der Waals surface area contributed by atoms with Gasteiger partial charge < -0.3 is 5.32 Å². The third kappa shape index (κ3) is 2.29. The lowest BCUT2D eigenvalue weighted by molar-refractivity contribution is -0.127. The molecule has 11 heavy (non-hydrogen) atoms. The molecule has 0 unspecified atom stereocenters. The molecule has 1 N–H and O–H groups in total. The fourth-order valence-corrected chi connectivity index (χ4v) is 1.10.